The number of hydrogen-bond donors (Lipinski definition) is 0. The minimum atomic E-state index is -1.42. The number of hydrogen-bond acceptors (Lipinski definition) is 3. The van der Waals surface area contributed by atoms with Gasteiger partial charge in [-0.2, -0.15) is 0 Å². The van der Waals surface area contributed by atoms with E-state index in [4.69, 9.17) is 4.74 Å². The molecule has 0 fully saturated rings. The van der Waals surface area contributed by atoms with Crippen LogP contribution in [-0.4, -0.2) is 21.3 Å². The van der Waals surface area contributed by atoms with E-state index in [0.29, 0.717) is 16.2 Å². The molecule has 2 aromatic carbocycles. The normalized spacial score (nSPS) is 22.3. The van der Waals surface area contributed by atoms with E-state index in [9.17, 15) is 9.00 Å². The van der Waals surface area contributed by atoms with Crippen molar-refractivity contribution in [2.75, 3.05) is 0 Å². The van der Waals surface area contributed by atoms with Crippen LogP contribution in [0.1, 0.15) is 22.8 Å². The molecule has 0 N–H and O–H groups in total. The average Bonchev–Trinajstić information content (AvgIpc) is 2.48. The fourth-order valence-electron chi connectivity index (χ4n) is 2.49. The van der Waals surface area contributed by atoms with Crippen molar-refractivity contribution in [3.63, 3.8) is 0 Å². The predicted molar refractivity (Wildman–Crippen MR) is 82.2 cm³/mol. The second kappa shape index (κ2) is 5.45. The van der Waals surface area contributed by atoms with Crippen LogP contribution in [-0.2, 0) is 10.8 Å². The predicted octanol–water partition coefficient (Wildman–Crippen LogP) is 3.14. The highest BCUT2D eigenvalue weighted by Crippen LogP contribution is 2.31. The van der Waals surface area contributed by atoms with Crippen LogP contribution in [0, 0.1) is 6.92 Å². The van der Waals surface area contributed by atoms with Crippen molar-refractivity contribution < 1.29 is 13.7 Å². The third-order valence-corrected chi connectivity index (χ3v) is 5.43. The van der Waals surface area contributed by atoms with Gasteiger partial charge in [-0.1, -0.05) is 29.8 Å². The molecule has 1 aliphatic rings. The molecular formula is C17H16O3S. The lowest BCUT2D eigenvalue weighted by Crippen LogP contribution is -2.43. The summed E-state index contributed by atoms with van der Waals surface area (Å²) in [6, 6.07) is 14.5. The van der Waals surface area contributed by atoms with Gasteiger partial charge >= 0.3 is 0 Å². The second-order valence-corrected chi connectivity index (χ2v) is 6.79. The van der Waals surface area contributed by atoms with Gasteiger partial charge in [0, 0.05) is 4.90 Å². The maximum atomic E-state index is 12.8. The van der Waals surface area contributed by atoms with Crippen LogP contribution < -0.4 is 4.74 Å². The summed E-state index contributed by atoms with van der Waals surface area (Å²) in [6.07, 6.45) is -0.408. The SMILES string of the molecule is Cc1ccc([S@](=O)[C@H]2C(=O)c3ccccc3O[C@H]2C)cc1. The first-order valence-electron chi connectivity index (χ1n) is 6.85. The number of benzene rings is 2. The monoisotopic (exact) mass is 300 g/mol. The van der Waals surface area contributed by atoms with E-state index in [1.807, 2.05) is 37.3 Å². The third-order valence-electron chi connectivity index (χ3n) is 3.63. The van der Waals surface area contributed by atoms with Gasteiger partial charge in [0.1, 0.15) is 17.1 Å². The first kappa shape index (κ1) is 14.0. The average molecular weight is 300 g/mol. The molecule has 21 heavy (non-hydrogen) atoms. The maximum Gasteiger partial charge on any atom is 0.186 e. The number of aryl methyl sites for hydroxylation is 1. The van der Waals surface area contributed by atoms with Crippen molar-refractivity contribution in [3.05, 3.63) is 59.7 Å². The first-order valence-corrected chi connectivity index (χ1v) is 8.06. The van der Waals surface area contributed by atoms with Gasteiger partial charge in [-0.3, -0.25) is 9.00 Å². The van der Waals surface area contributed by atoms with Gasteiger partial charge in [-0.05, 0) is 38.1 Å². The van der Waals surface area contributed by atoms with E-state index in [0.717, 1.165) is 5.56 Å². The van der Waals surface area contributed by atoms with Gasteiger partial charge in [0.05, 0.1) is 16.4 Å². The molecule has 2 aromatic rings. The highest BCUT2D eigenvalue weighted by atomic mass is 32.2. The van der Waals surface area contributed by atoms with Crippen LogP contribution in [0.3, 0.4) is 0 Å². The first-order chi connectivity index (χ1) is 10.1. The lowest BCUT2D eigenvalue weighted by molar-refractivity contribution is 0.0883. The molecule has 0 saturated heterocycles. The molecule has 3 atom stereocenters. The van der Waals surface area contributed by atoms with E-state index in [1.165, 1.54) is 0 Å². The molecule has 3 rings (SSSR count). The van der Waals surface area contributed by atoms with Crippen molar-refractivity contribution in [2.45, 2.75) is 30.1 Å². The van der Waals surface area contributed by atoms with E-state index in [2.05, 4.69) is 0 Å². The number of carbonyl (C=O) groups is 1. The Kier molecular flexibility index (Phi) is 3.64. The largest absolute Gasteiger partial charge is 0.488 e. The number of carbonyl (C=O) groups excluding carboxylic acids is 1. The number of ketones is 1. The molecule has 0 unspecified atom stereocenters. The van der Waals surface area contributed by atoms with Crippen LogP contribution >= 0.6 is 0 Å². The van der Waals surface area contributed by atoms with E-state index in [1.54, 1.807) is 25.1 Å². The highest BCUT2D eigenvalue weighted by Gasteiger charge is 2.39. The molecule has 0 aromatic heterocycles. The molecule has 0 amide bonds. The molecule has 1 aliphatic heterocycles. The number of fused-ring (bicyclic) bond motifs is 1. The molecular weight excluding hydrogens is 284 g/mol. The van der Waals surface area contributed by atoms with Crippen LogP contribution in [0.2, 0.25) is 0 Å². The van der Waals surface area contributed by atoms with Crippen molar-refractivity contribution in [1.29, 1.82) is 0 Å². The topological polar surface area (TPSA) is 43.4 Å². The fourth-order valence-corrected chi connectivity index (χ4v) is 3.91. The van der Waals surface area contributed by atoms with E-state index in [-0.39, 0.29) is 5.78 Å². The van der Waals surface area contributed by atoms with Crippen molar-refractivity contribution in [1.82, 2.24) is 0 Å². The van der Waals surface area contributed by atoms with Gasteiger partial charge in [0.15, 0.2) is 5.78 Å². The van der Waals surface area contributed by atoms with Crippen molar-refractivity contribution in [3.8, 4) is 5.75 Å². The summed E-state index contributed by atoms with van der Waals surface area (Å²) in [5.41, 5.74) is 1.61. The van der Waals surface area contributed by atoms with Crippen LogP contribution in [0.5, 0.6) is 5.75 Å². The van der Waals surface area contributed by atoms with Gasteiger partial charge in [0.25, 0.3) is 0 Å². The summed E-state index contributed by atoms with van der Waals surface area (Å²) in [5.74, 6) is 0.468. The summed E-state index contributed by atoms with van der Waals surface area (Å²) in [6.45, 7) is 3.77. The lowest BCUT2D eigenvalue weighted by atomic mass is 10.0. The van der Waals surface area contributed by atoms with Gasteiger partial charge in [0.2, 0.25) is 0 Å². The standard InChI is InChI=1S/C17H16O3S/c1-11-7-9-13(10-8-11)21(19)17-12(2)20-15-6-4-3-5-14(15)16(17)18/h3-10,12,17H,1-2H3/t12-,17+,21-/m0/s1. The molecule has 108 valence electrons. The van der Waals surface area contributed by atoms with Crippen LogP contribution in [0.4, 0.5) is 0 Å². The number of para-hydroxylation sites is 1. The smallest absolute Gasteiger partial charge is 0.186 e. The van der Waals surface area contributed by atoms with Crippen molar-refractivity contribution >= 4 is 16.6 Å². The second-order valence-electron chi connectivity index (χ2n) is 5.21. The molecule has 0 radical (unpaired) electrons. The number of rotatable bonds is 2. The molecule has 0 aliphatic carbocycles. The molecule has 4 heteroatoms. The van der Waals surface area contributed by atoms with Crippen molar-refractivity contribution in [2.24, 2.45) is 0 Å². The molecule has 1 heterocycles. The Morgan fingerprint density at radius 1 is 1.05 bits per heavy atom. The summed E-state index contributed by atoms with van der Waals surface area (Å²) in [5, 5.41) is -0.664. The number of Topliss-reactive ketones (excluding diaryl/α,β-unsaturated/α-hetero) is 1. The summed E-state index contributed by atoms with van der Waals surface area (Å²) in [7, 11) is -1.42. The number of ether oxygens (including phenoxy) is 1. The van der Waals surface area contributed by atoms with Crippen LogP contribution in [0.25, 0.3) is 0 Å². The Hall–Kier alpha value is -1.94. The van der Waals surface area contributed by atoms with E-state index < -0.39 is 22.2 Å². The quantitative estimate of drug-likeness (QED) is 0.856. The zero-order valence-corrected chi connectivity index (χ0v) is 12.7. The zero-order chi connectivity index (χ0) is 15.0. The van der Waals surface area contributed by atoms with Gasteiger partial charge in [-0.15, -0.1) is 0 Å². The summed E-state index contributed by atoms with van der Waals surface area (Å²) in [4.78, 5) is 13.3. The Bertz CT molecular complexity index is 706. The van der Waals surface area contributed by atoms with Gasteiger partial charge < -0.3 is 4.74 Å². The Morgan fingerprint density at radius 3 is 2.43 bits per heavy atom. The lowest BCUT2D eigenvalue weighted by Gasteiger charge is -2.29. The van der Waals surface area contributed by atoms with Crippen LogP contribution in [0.15, 0.2) is 53.4 Å². The molecule has 0 saturated carbocycles. The van der Waals surface area contributed by atoms with Gasteiger partial charge in [-0.25, -0.2) is 0 Å². The Labute approximate surface area is 126 Å². The minimum absolute atomic E-state index is 0.108. The Morgan fingerprint density at radius 2 is 1.71 bits per heavy atom. The molecule has 0 bridgehead atoms. The maximum absolute atomic E-state index is 12.8. The molecule has 0 spiro atoms. The zero-order valence-electron chi connectivity index (χ0n) is 11.9. The van der Waals surface area contributed by atoms with E-state index >= 15 is 0 Å². The highest BCUT2D eigenvalue weighted by molar-refractivity contribution is 7.86. The third kappa shape index (κ3) is 2.51. The fraction of sp³-hybridized carbons (Fsp3) is 0.235. The Balaban J connectivity index is 1.97. The summed E-state index contributed by atoms with van der Waals surface area (Å²) >= 11 is 0. The summed E-state index contributed by atoms with van der Waals surface area (Å²) < 4.78 is 18.5. The molecule has 3 nitrogen and oxygen atoms in total. The minimum Gasteiger partial charge on any atom is -0.488 e.